The van der Waals surface area contributed by atoms with Gasteiger partial charge in [-0.05, 0) is 42.8 Å². The number of amides is 1. The Hall–Kier alpha value is -4.25. The van der Waals surface area contributed by atoms with Gasteiger partial charge in [0, 0.05) is 32.3 Å². The van der Waals surface area contributed by atoms with Crippen LogP contribution in [-0.4, -0.2) is 55.7 Å². The molecule has 0 radical (unpaired) electrons. The number of carbonyl (C=O) groups is 1. The Morgan fingerprint density at radius 3 is 2.53 bits per heavy atom. The number of benzene rings is 2. The predicted octanol–water partition coefficient (Wildman–Crippen LogP) is 4.09. The number of para-hydroxylation sites is 1. The van der Waals surface area contributed by atoms with Gasteiger partial charge in [0.05, 0.1) is 19.3 Å². The van der Waals surface area contributed by atoms with Crippen LogP contribution in [-0.2, 0) is 0 Å². The third kappa shape index (κ3) is 5.04. The van der Waals surface area contributed by atoms with Gasteiger partial charge >= 0.3 is 0 Å². The van der Waals surface area contributed by atoms with Crippen molar-refractivity contribution in [3.63, 3.8) is 0 Å². The zero-order valence-corrected chi connectivity index (χ0v) is 19.2. The van der Waals surface area contributed by atoms with E-state index in [1.54, 1.807) is 30.2 Å². The lowest BCUT2D eigenvalue weighted by molar-refractivity contribution is 0.0742. The number of piperazine rings is 1. The maximum Gasteiger partial charge on any atom is 0.257 e. The highest BCUT2D eigenvalue weighted by molar-refractivity contribution is 5.97. The molecule has 1 aliphatic rings. The highest BCUT2D eigenvalue weighted by atomic mass is 16.5. The minimum atomic E-state index is -0.0749. The number of aromatic nitrogens is 1. The van der Waals surface area contributed by atoms with E-state index in [4.69, 9.17) is 13.9 Å². The number of hydrogen-bond donors (Lipinski definition) is 0. The molecule has 4 rings (SSSR count). The van der Waals surface area contributed by atoms with Crippen LogP contribution in [0.2, 0.25) is 0 Å². The molecule has 0 atom stereocenters. The summed E-state index contributed by atoms with van der Waals surface area (Å²) in [5, 5.41) is 9.56. The Kier molecular flexibility index (Phi) is 7.13. The highest BCUT2D eigenvalue weighted by Gasteiger charge is 2.27. The van der Waals surface area contributed by atoms with Crippen LogP contribution in [0.4, 0.5) is 5.88 Å². The first-order chi connectivity index (χ1) is 16.6. The Balaban J connectivity index is 1.42. The first-order valence-corrected chi connectivity index (χ1v) is 11.1. The average molecular weight is 459 g/mol. The van der Waals surface area contributed by atoms with Crippen LogP contribution in [0.5, 0.6) is 11.5 Å². The number of nitriles is 1. The summed E-state index contributed by atoms with van der Waals surface area (Å²) in [4.78, 5) is 21.0. The first kappa shape index (κ1) is 22.9. The summed E-state index contributed by atoms with van der Waals surface area (Å²) in [5.41, 5.74) is 1.73. The van der Waals surface area contributed by atoms with Crippen molar-refractivity contribution in [3.8, 4) is 17.6 Å². The van der Waals surface area contributed by atoms with Crippen molar-refractivity contribution in [2.75, 3.05) is 44.8 Å². The molecule has 2 aromatic carbocycles. The second-order valence-corrected chi connectivity index (χ2v) is 7.63. The van der Waals surface area contributed by atoms with E-state index in [0.717, 1.165) is 11.3 Å². The zero-order valence-electron chi connectivity index (χ0n) is 19.2. The Labute approximate surface area is 198 Å². The van der Waals surface area contributed by atoms with Crippen molar-refractivity contribution in [2.45, 2.75) is 6.92 Å². The molecule has 8 heteroatoms. The normalized spacial score (nSPS) is 13.7. The maximum absolute atomic E-state index is 12.9. The Bertz CT molecular complexity index is 1200. The molecule has 1 amide bonds. The molecule has 34 heavy (non-hydrogen) atoms. The molecule has 0 spiro atoms. The number of oxazole rings is 1. The fourth-order valence-corrected chi connectivity index (χ4v) is 3.80. The quantitative estimate of drug-likeness (QED) is 0.527. The summed E-state index contributed by atoms with van der Waals surface area (Å²) < 4.78 is 16.7. The number of ether oxygens (including phenoxy) is 2. The van der Waals surface area contributed by atoms with Gasteiger partial charge in [0.15, 0.2) is 0 Å². The molecule has 1 fully saturated rings. The van der Waals surface area contributed by atoms with Crippen LogP contribution in [0.15, 0.2) is 52.9 Å². The molecule has 174 valence electrons. The van der Waals surface area contributed by atoms with Gasteiger partial charge in [0.25, 0.3) is 5.91 Å². The van der Waals surface area contributed by atoms with Crippen LogP contribution in [0.1, 0.15) is 34.4 Å². The molecule has 8 nitrogen and oxygen atoms in total. The van der Waals surface area contributed by atoms with E-state index in [2.05, 4.69) is 11.1 Å². The van der Waals surface area contributed by atoms with Crippen LogP contribution < -0.4 is 14.4 Å². The molecule has 0 aliphatic carbocycles. The molecule has 2 heterocycles. The number of hydrogen-bond acceptors (Lipinski definition) is 7. The first-order valence-electron chi connectivity index (χ1n) is 11.1. The van der Waals surface area contributed by atoms with Gasteiger partial charge in [-0.15, -0.1) is 0 Å². The third-order valence-corrected chi connectivity index (χ3v) is 5.53. The van der Waals surface area contributed by atoms with Crippen molar-refractivity contribution in [2.24, 2.45) is 0 Å². The van der Waals surface area contributed by atoms with Crippen molar-refractivity contribution in [3.05, 3.63) is 71.2 Å². The van der Waals surface area contributed by atoms with E-state index >= 15 is 0 Å². The SMILES string of the molecule is CCOc1ccc(/C=C/c2nc(C#N)c(N3CCN(C(=O)c4ccccc4OC)CC3)o2)cc1. The minimum absolute atomic E-state index is 0.0749. The van der Waals surface area contributed by atoms with Crippen LogP contribution in [0.3, 0.4) is 0 Å². The largest absolute Gasteiger partial charge is 0.496 e. The van der Waals surface area contributed by atoms with Gasteiger partial charge in [-0.2, -0.15) is 10.2 Å². The number of methoxy groups -OCH3 is 1. The van der Waals surface area contributed by atoms with E-state index in [9.17, 15) is 10.1 Å². The summed E-state index contributed by atoms with van der Waals surface area (Å²) in [5.74, 6) is 2.08. The van der Waals surface area contributed by atoms with Crippen molar-refractivity contribution >= 4 is 23.9 Å². The molecular weight excluding hydrogens is 432 g/mol. The van der Waals surface area contributed by atoms with E-state index in [0.29, 0.717) is 55.9 Å². The fourth-order valence-electron chi connectivity index (χ4n) is 3.80. The zero-order chi connectivity index (χ0) is 23.9. The average Bonchev–Trinajstić information content (AvgIpc) is 3.31. The molecule has 1 saturated heterocycles. The summed E-state index contributed by atoms with van der Waals surface area (Å²) >= 11 is 0. The summed E-state index contributed by atoms with van der Waals surface area (Å²) in [6.07, 6.45) is 3.61. The van der Waals surface area contributed by atoms with Crippen LogP contribution >= 0.6 is 0 Å². The van der Waals surface area contributed by atoms with E-state index < -0.39 is 0 Å². The molecule has 1 aliphatic heterocycles. The number of nitrogens with zero attached hydrogens (tertiary/aromatic N) is 4. The molecule has 3 aromatic rings. The highest BCUT2D eigenvalue weighted by Crippen LogP contribution is 2.26. The van der Waals surface area contributed by atoms with Gasteiger partial charge in [-0.1, -0.05) is 24.3 Å². The van der Waals surface area contributed by atoms with Crippen LogP contribution in [0.25, 0.3) is 12.2 Å². The van der Waals surface area contributed by atoms with Crippen molar-refractivity contribution in [1.82, 2.24) is 9.88 Å². The summed E-state index contributed by atoms with van der Waals surface area (Å²) in [6.45, 7) is 4.63. The Morgan fingerprint density at radius 1 is 1.12 bits per heavy atom. The van der Waals surface area contributed by atoms with Gasteiger partial charge in [0.1, 0.15) is 17.6 Å². The lowest BCUT2D eigenvalue weighted by atomic mass is 10.1. The number of carbonyl (C=O) groups excluding carboxylic acids is 1. The molecule has 0 unspecified atom stereocenters. The van der Waals surface area contributed by atoms with E-state index in [1.807, 2.05) is 54.3 Å². The molecule has 1 aromatic heterocycles. The summed E-state index contributed by atoms with van der Waals surface area (Å²) in [7, 11) is 1.55. The van der Waals surface area contributed by atoms with E-state index in [-0.39, 0.29) is 11.6 Å². The Morgan fingerprint density at radius 2 is 1.85 bits per heavy atom. The van der Waals surface area contributed by atoms with Crippen molar-refractivity contribution < 1.29 is 18.7 Å². The second-order valence-electron chi connectivity index (χ2n) is 7.63. The maximum atomic E-state index is 12.9. The second kappa shape index (κ2) is 10.6. The third-order valence-electron chi connectivity index (χ3n) is 5.53. The lowest BCUT2D eigenvalue weighted by Crippen LogP contribution is -2.49. The molecule has 0 N–H and O–H groups in total. The molecular formula is C26H26N4O4. The van der Waals surface area contributed by atoms with Gasteiger partial charge in [0.2, 0.25) is 17.5 Å². The lowest BCUT2D eigenvalue weighted by Gasteiger charge is -2.34. The van der Waals surface area contributed by atoms with Crippen molar-refractivity contribution in [1.29, 1.82) is 5.26 Å². The fraction of sp³-hybridized carbons (Fsp3) is 0.269. The minimum Gasteiger partial charge on any atom is -0.496 e. The van der Waals surface area contributed by atoms with Gasteiger partial charge in [-0.25, -0.2) is 0 Å². The molecule has 0 saturated carbocycles. The molecule has 0 bridgehead atoms. The predicted molar refractivity (Wildman–Crippen MR) is 129 cm³/mol. The van der Waals surface area contributed by atoms with Gasteiger partial charge in [-0.3, -0.25) is 4.79 Å². The van der Waals surface area contributed by atoms with Gasteiger partial charge < -0.3 is 23.7 Å². The van der Waals surface area contributed by atoms with Crippen LogP contribution in [0, 0.1) is 11.3 Å². The number of rotatable bonds is 7. The smallest absolute Gasteiger partial charge is 0.257 e. The van der Waals surface area contributed by atoms with E-state index in [1.165, 1.54) is 0 Å². The number of anilines is 1. The monoisotopic (exact) mass is 458 g/mol. The summed E-state index contributed by atoms with van der Waals surface area (Å²) in [6, 6.07) is 17.0. The topological polar surface area (TPSA) is 91.8 Å². The standard InChI is InChI=1S/C26H26N4O4/c1-3-33-20-11-8-19(9-12-20)10-13-24-28-22(18-27)26(34-24)30-16-14-29(15-17-30)25(31)21-6-4-5-7-23(21)32-2/h4-13H,3,14-17H2,1-2H3/b13-10+.